The highest BCUT2D eigenvalue weighted by Gasteiger charge is 2.37. The zero-order valence-corrected chi connectivity index (χ0v) is 16.0. The summed E-state index contributed by atoms with van der Waals surface area (Å²) in [6.07, 6.45) is 0.271. The number of hydrogen-bond acceptors (Lipinski definition) is 6. The number of likely N-dealkylation sites (tertiary alicyclic amines) is 1. The highest BCUT2D eigenvalue weighted by atomic mass is 16.4. The first-order chi connectivity index (χ1) is 12.5. The summed E-state index contributed by atoms with van der Waals surface area (Å²) in [4.78, 5) is 49.1. The van der Waals surface area contributed by atoms with Gasteiger partial charge in [0, 0.05) is 6.54 Å². The van der Waals surface area contributed by atoms with Crippen molar-refractivity contribution >= 4 is 23.7 Å². The Morgan fingerprint density at radius 1 is 1.22 bits per heavy atom. The molecule has 1 aliphatic heterocycles. The second-order valence-electron chi connectivity index (χ2n) is 7.26. The van der Waals surface area contributed by atoms with E-state index in [1.807, 2.05) is 13.8 Å². The van der Waals surface area contributed by atoms with Crippen molar-refractivity contribution in [1.29, 1.82) is 0 Å². The average molecular weight is 386 g/mol. The minimum atomic E-state index is -1.14. The van der Waals surface area contributed by atoms with Gasteiger partial charge < -0.3 is 31.5 Å². The standard InChI is InChI=1S/C17H30N4O6/c1-9(2)7-11(17(26)27)20-13(23)8-19-15(24)12-5-4-6-21(12)16(25)14(18)10(3)22/h9-12,14,22H,4-8,18H2,1-3H3,(H,19,24)(H,20,23)(H,26,27). The van der Waals surface area contributed by atoms with Crippen molar-refractivity contribution in [3.05, 3.63) is 0 Å². The molecule has 1 heterocycles. The molecule has 27 heavy (non-hydrogen) atoms. The molecule has 0 aromatic heterocycles. The van der Waals surface area contributed by atoms with Gasteiger partial charge in [-0.25, -0.2) is 4.79 Å². The monoisotopic (exact) mass is 386 g/mol. The van der Waals surface area contributed by atoms with E-state index >= 15 is 0 Å². The molecule has 4 unspecified atom stereocenters. The van der Waals surface area contributed by atoms with Gasteiger partial charge in [-0.05, 0) is 32.1 Å². The zero-order chi connectivity index (χ0) is 20.7. The lowest BCUT2D eigenvalue weighted by atomic mass is 10.0. The van der Waals surface area contributed by atoms with E-state index in [4.69, 9.17) is 10.8 Å². The SMILES string of the molecule is CC(C)CC(NC(=O)CNC(=O)C1CCCN1C(=O)C(N)C(C)O)C(=O)O. The van der Waals surface area contributed by atoms with Crippen LogP contribution < -0.4 is 16.4 Å². The first-order valence-electron chi connectivity index (χ1n) is 9.08. The predicted octanol–water partition coefficient (Wildman–Crippen LogP) is -1.58. The molecule has 1 fully saturated rings. The number of rotatable bonds is 9. The third-order valence-electron chi connectivity index (χ3n) is 4.41. The maximum absolute atomic E-state index is 12.3. The van der Waals surface area contributed by atoms with Crippen molar-refractivity contribution in [2.75, 3.05) is 13.1 Å². The molecular weight excluding hydrogens is 356 g/mol. The molecule has 6 N–H and O–H groups in total. The van der Waals surface area contributed by atoms with Crippen LogP contribution in [0, 0.1) is 5.92 Å². The largest absolute Gasteiger partial charge is 0.480 e. The molecule has 0 bridgehead atoms. The van der Waals surface area contributed by atoms with Crippen LogP contribution in [0.3, 0.4) is 0 Å². The van der Waals surface area contributed by atoms with Crippen LogP contribution in [0.15, 0.2) is 0 Å². The summed E-state index contributed by atoms with van der Waals surface area (Å²) < 4.78 is 0. The Labute approximate surface area is 158 Å². The van der Waals surface area contributed by atoms with E-state index in [0.717, 1.165) is 0 Å². The van der Waals surface area contributed by atoms with Crippen molar-refractivity contribution in [2.45, 2.75) is 64.3 Å². The fraction of sp³-hybridized carbons (Fsp3) is 0.765. The van der Waals surface area contributed by atoms with Crippen LogP contribution in [0.4, 0.5) is 0 Å². The number of carbonyl (C=O) groups excluding carboxylic acids is 3. The lowest BCUT2D eigenvalue weighted by molar-refractivity contribution is -0.143. The molecule has 154 valence electrons. The van der Waals surface area contributed by atoms with Gasteiger partial charge in [0.05, 0.1) is 12.6 Å². The maximum atomic E-state index is 12.3. The van der Waals surface area contributed by atoms with Crippen molar-refractivity contribution in [2.24, 2.45) is 11.7 Å². The van der Waals surface area contributed by atoms with Gasteiger partial charge in [0.15, 0.2) is 0 Å². The van der Waals surface area contributed by atoms with Crippen LogP contribution >= 0.6 is 0 Å². The number of hydrogen-bond donors (Lipinski definition) is 5. The van der Waals surface area contributed by atoms with Gasteiger partial charge in [-0.15, -0.1) is 0 Å². The number of nitrogens with zero attached hydrogens (tertiary/aromatic N) is 1. The van der Waals surface area contributed by atoms with Crippen LogP contribution in [0.5, 0.6) is 0 Å². The first-order valence-corrected chi connectivity index (χ1v) is 9.08. The lowest BCUT2D eigenvalue weighted by Crippen LogP contribution is -2.55. The summed E-state index contributed by atoms with van der Waals surface area (Å²) in [6.45, 7) is 5.04. The number of aliphatic hydroxyl groups is 1. The maximum Gasteiger partial charge on any atom is 0.326 e. The summed E-state index contributed by atoms with van der Waals surface area (Å²) in [5, 5.41) is 23.4. The number of nitrogens with two attached hydrogens (primary N) is 1. The Morgan fingerprint density at radius 2 is 1.85 bits per heavy atom. The Balaban J connectivity index is 2.58. The average Bonchev–Trinajstić information content (AvgIpc) is 3.06. The summed E-state index contributed by atoms with van der Waals surface area (Å²) >= 11 is 0. The first kappa shape index (κ1) is 22.8. The van der Waals surface area contributed by atoms with Gasteiger partial charge in [-0.3, -0.25) is 14.4 Å². The van der Waals surface area contributed by atoms with E-state index in [2.05, 4.69) is 10.6 Å². The molecule has 10 heteroatoms. The van der Waals surface area contributed by atoms with Crippen LogP contribution in [-0.2, 0) is 19.2 Å². The number of aliphatic hydroxyl groups excluding tert-OH is 1. The van der Waals surface area contributed by atoms with Gasteiger partial charge >= 0.3 is 5.97 Å². The third kappa shape index (κ3) is 6.79. The molecule has 10 nitrogen and oxygen atoms in total. The molecule has 3 amide bonds. The topological polar surface area (TPSA) is 162 Å². The van der Waals surface area contributed by atoms with Crippen LogP contribution in [0.1, 0.15) is 40.0 Å². The number of carboxylic acid groups (broad SMARTS) is 1. The molecule has 1 aliphatic rings. The second-order valence-corrected chi connectivity index (χ2v) is 7.26. The van der Waals surface area contributed by atoms with E-state index in [1.54, 1.807) is 0 Å². The van der Waals surface area contributed by atoms with Crippen LogP contribution in [-0.4, -0.2) is 76.1 Å². The number of nitrogens with one attached hydrogen (secondary N) is 2. The van der Waals surface area contributed by atoms with Gasteiger partial charge in [-0.2, -0.15) is 0 Å². The summed E-state index contributed by atoms with van der Waals surface area (Å²) in [7, 11) is 0. The Bertz CT molecular complexity index is 566. The van der Waals surface area contributed by atoms with Gasteiger partial charge in [-0.1, -0.05) is 13.8 Å². The van der Waals surface area contributed by atoms with Gasteiger partial charge in [0.2, 0.25) is 17.7 Å². The fourth-order valence-corrected chi connectivity index (χ4v) is 2.92. The van der Waals surface area contributed by atoms with Gasteiger partial charge in [0.1, 0.15) is 18.1 Å². The Hall–Kier alpha value is -2.20. The highest BCUT2D eigenvalue weighted by Crippen LogP contribution is 2.18. The smallest absolute Gasteiger partial charge is 0.326 e. The van der Waals surface area contributed by atoms with E-state index in [9.17, 15) is 24.3 Å². The van der Waals surface area contributed by atoms with Gasteiger partial charge in [0.25, 0.3) is 0 Å². The fourth-order valence-electron chi connectivity index (χ4n) is 2.92. The van der Waals surface area contributed by atoms with Crippen LogP contribution in [0.2, 0.25) is 0 Å². The molecule has 0 aromatic rings. The normalized spacial score (nSPS) is 20.1. The lowest BCUT2D eigenvalue weighted by Gasteiger charge is -2.27. The second kappa shape index (κ2) is 10.2. The highest BCUT2D eigenvalue weighted by molar-refractivity contribution is 5.93. The third-order valence-corrected chi connectivity index (χ3v) is 4.41. The minimum Gasteiger partial charge on any atom is -0.480 e. The molecule has 0 radical (unpaired) electrons. The summed E-state index contributed by atoms with van der Waals surface area (Å²) in [5.41, 5.74) is 5.65. The predicted molar refractivity (Wildman–Crippen MR) is 96.4 cm³/mol. The zero-order valence-electron chi connectivity index (χ0n) is 16.0. The Kier molecular flexibility index (Phi) is 8.64. The van der Waals surface area contributed by atoms with Crippen LogP contribution in [0.25, 0.3) is 0 Å². The number of aliphatic carboxylic acids is 1. The summed E-state index contributed by atoms with van der Waals surface area (Å²) in [5.74, 6) is -2.70. The molecule has 1 rings (SSSR count). The van der Waals surface area contributed by atoms with Crippen molar-refractivity contribution < 1.29 is 29.4 Å². The van der Waals surface area contributed by atoms with E-state index < -0.39 is 47.9 Å². The Morgan fingerprint density at radius 3 is 2.37 bits per heavy atom. The molecule has 0 spiro atoms. The summed E-state index contributed by atoms with van der Waals surface area (Å²) in [6, 6.07) is -2.90. The molecule has 0 saturated carbocycles. The molecule has 0 aromatic carbocycles. The molecular formula is C17H30N4O6. The van der Waals surface area contributed by atoms with Crippen molar-refractivity contribution in [3.63, 3.8) is 0 Å². The molecule has 1 saturated heterocycles. The van der Waals surface area contributed by atoms with E-state index in [1.165, 1.54) is 11.8 Å². The number of carboxylic acids is 1. The van der Waals surface area contributed by atoms with Crippen molar-refractivity contribution in [1.82, 2.24) is 15.5 Å². The number of carbonyl (C=O) groups is 4. The quantitative estimate of drug-likeness (QED) is 0.319. The molecule has 0 aliphatic carbocycles. The van der Waals surface area contributed by atoms with E-state index in [0.29, 0.717) is 19.4 Å². The number of amides is 3. The van der Waals surface area contributed by atoms with Crippen molar-refractivity contribution in [3.8, 4) is 0 Å². The van der Waals surface area contributed by atoms with E-state index in [-0.39, 0.29) is 18.9 Å². The molecule has 4 atom stereocenters. The minimum absolute atomic E-state index is 0.0807.